The second-order valence-corrected chi connectivity index (χ2v) is 9.74. The lowest BCUT2D eigenvalue weighted by molar-refractivity contribution is -0.236. The molecule has 4 atom stereocenters. The van der Waals surface area contributed by atoms with Crippen LogP contribution >= 0.6 is 0 Å². The van der Waals surface area contributed by atoms with Crippen molar-refractivity contribution in [1.29, 1.82) is 0 Å². The van der Waals surface area contributed by atoms with Crippen molar-refractivity contribution in [2.24, 2.45) is 5.92 Å². The van der Waals surface area contributed by atoms with E-state index < -0.39 is 70.7 Å². The van der Waals surface area contributed by atoms with Crippen LogP contribution in [0.4, 0.5) is 30.7 Å². The highest BCUT2D eigenvalue weighted by molar-refractivity contribution is 7.84. The van der Waals surface area contributed by atoms with Gasteiger partial charge in [-0.05, 0) is 45.7 Å². The summed E-state index contributed by atoms with van der Waals surface area (Å²) in [5.41, 5.74) is -2.01. The Balaban J connectivity index is 2.36. The van der Waals surface area contributed by atoms with Crippen LogP contribution in [-0.4, -0.2) is 32.8 Å². The average molecular weight is 450 g/mol. The van der Waals surface area contributed by atoms with Crippen molar-refractivity contribution in [2.45, 2.75) is 62.9 Å². The van der Waals surface area contributed by atoms with Gasteiger partial charge in [-0.15, -0.1) is 0 Å². The molecule has 3 unspecified atom stereocenters. The van der Waals surface area contributed by atoms with Crippen LogP contribution in [0, 0.1) is 11.7 Å². The summed E-state index contributed by atoms with van der Waals surface area (Å²) in [6.45, 7) is 4.42. The predicted molar refractivity (Wildman–Crippen MR) is 91.5 cm³/mol. The molecule has 12 heteroatoms. The number of ether oxygens (including phenoxy) is 1. The molecule has 0 saturated carbocycles. The Bertz CT molecular complexity index is 739. The van der Waals surface area contributed by atoms with Gasteiger partial charge in [0.15, 0.2) is 17.6 Å². The van der Waals surface area contributed by atoms with Gasteiger partial charge in [-0.3, -0.25) is 0 Å². The molecule has 0 aromatic carbocycles. The number of hydrogen-bond acceptors (Lipinski definition) is 3. The van der Waals surface area contributed by atoms with Crippen molar-refractivity contribution >= 4 is 11.0 Å². The SMILES string of the molecule is CC(C)(C)[S@@](=O)NC(c1ccc(F)c(C(F)(F)F)n1)C1CCC(C(F)(F)F)OC1. The smallest absolute Gasteiger partial charge is 0.368 e. The van der Waals surface area contributed by atoms with Gasteiger partial charge in [0.2, 0.25) is 0 Å². The van der Waals surface area contributed by atoms with Crippen molar-refractivity contribution in [3.8, 4) is 0 Å². The topological polar surface area (TPSA) is 51.2 Å². The molecule has 1 aromatic heterocycles. The highest BCUT2D eigenvalue weighted by atomic mass is 32.2. The van der Waals surface area contributed by atoms with Crippen LogP contribution < -0.4 is 4.72 Å². The third-order valence-electron chi connectivity index (χ3n) is 4.39. The normalized spacial score (nSPS) is 23.7. The summed E-state index contributed by atoms with van der Waals surface area (Å²) in [7, 11) is -1.77. The molecule has 1 fully saturated rings. The molecule has 2 heterocycles. The van der Waals surface area contributed by atoms with Gasteiger partial charge in [0.05, 0.1) is 34.1 Å². The van der Waals surface area contributed by atoms with Gasteiger partial charge in [-0.2, -0.15) is 26.3 Å². The minimum Gasteiger partial charge on any atom is -0.368 e. The van der Waals surface area contributed by atoms with E-state index in [1.807, 2.05) is 0 Å². The Labute approximate surface area is 165 Å². The fraction of sp³-hybridized carbons (Fsp3) is 0.706. The molecule has 29 heavy (non-hydrogen) atoms. The summed E-state index contributed by atoms with van der Waals surface area (Å²) in [5, 5.41) is 0. The number of nitrogens with one attached hydrogen (secondary N) is 1. The summed E-state index contributed by atoms with van der Waals surface area (Å²) < 4.78 is 110. The molecule has 0 aliphatic carbocycles. The highest BCUT2D eigenvalue weighted by Gasteiger charge is 2.45. The molecule has 0 bridgehead atoms. The standard InChI is InChI=1S/C17H21F7N2O2S/c1-15(2,3)29(27)26-13(9-4-7-12(28-8-9)16(19,20)21)11-6-5-10(18)14(25-11)17(22,23)24/h5-6,9,12-13,26H,4,7-8H2,1-3H3/t9?,12?,13?,29-/m1/s1. The minimum atomic E-state index is -5.06. The third-order valence-corrected chi connectivity index (χ3v) is 5.97. The zero-order chi connectivity index (χ0) is 22.2. The fourth-order valence-corrected chi connectivity index (χ4v) is 3.71. The van der Waals surface area contributed by atoms with E-state index in [1.54, 1.807) is 20.8 Å². The lowest BCUT2D eigenvalue weighted by atomic mass is 9.89. The Morgan fingerprint density at radius 3 is 2.21 bits per heavy atom. The van der Waals surface area contributed by atoms with Gasteiger partial charge >= 0.3 is 12.4 Å². The molecule has 0 spiro atoms. The van der Waals surface area contributed by atoms with E-state index in [4.69, 9.17) is 4.74 Å². The predicted octanol–water partition coefficient (Wildman–Crippen LogP) is 4.69. The van der Waals surface area contributed by atoms with Crippen LogP contribution in [0.2, 0.25) is 0 Å². The molecule has 1 aromatic rings. The summed E-state index contributed by atoms with van der Waals surface area (Å²) in [6.07, 6.45) is -12.0. The second kappa shape index (κ2) is 8.46. The molecule has 1 saturated heterocycles. The molecule has 0 amide bonds. The van der Waals surface area contributed by atoms with Gasteiger partial charge in [-0.25, -0.2) is 18.3 Å². The number of pyridine rings is 1. The Kier molecular flexibility index (Phi) is 7.00. The minimum absolute atomic E-state index is 0.0520. The fourth-order valence-electron chi connectivity index (χ4n) is 2.81. The maximum absolute atomic E-state index is 13.6. The summed E-state index contributed by atoms with van der Waals surface area (Å²) in [5.74, 6) is -2.31. The first-order valence-electron chi connectivity index (χ1n) is 8.70. The number of nitrogens with zero attached hydrogens (tertiary/aromatic N) is 1. The molecule has 166 valence electrons. The molecule has 1 aliphatic heterocycles. The number of alkyl halides is 6. The maximum Gasteiger partial charge on any atom is 0.436 e. The molecule has 1 aliphatic rings. The second-order valence-electron chi connectivity index (χ2n) is 7.74. The van der Waals surface area contributed by atoms with Gasteiger partial charge < -0.3 is 4.74 Å². The van der Waals surface area contributed by atoms with Crippen molar-refractivity contribution in [1.82, 2.24) is 9.71 Å². The van der Waals surface area contributed by atoms with Crippen molar-refractivity contribution in [2.75, 3.05) is 6.61 Å². The van der Waals surface area contributed by atoms with E-state index in [1.165, 1.54) is 0 Å². The summed E-state index contributed by atoms with van der Waals surface area (Å²) in [4.78, 5) is 3.35. The van der Waals surface area contributed by atoms with Crippen LogP contribution in [0.3, 0.4) is 0 Å². The number of hydrogen-bond donors (Lipinski definition) is 1. The number of aromatic nitrogens is 1. The van der Waals surface area contributed by atoms with Crippen molar-refractivity contribution < 1.29 is 39.7 Å². The van der Waals surface area contributed by atoms with E-state index >= 15 is 0 Å². The highest BCUT2D eigenvalue weighted by Crippen LogP contribution is 2.38. The Hall–Kier alpha value is -1.27. The maximum atomic E-state index is 13.6. The van der Waals surface area contributed by atoms with Crippen molar-refractivity contribution in [3.05, 3.63) is 29.3 Å². The van der Waals surface area contributed by atoms with Crippen LogP contribution in [-0.2, 0) is 21.9 Å². The lowest BCUT2D eigenvalue weighted by Gasteiger charge is -2.35. The Morgan fingerprint density at radius 2 is 1.76 bits per heavy atom. The van der Waals surface area contributed by atoms with Crippen LogP contribution in [0.1, 0.15) is 51.0 Å². The first kappa shape index (κ1) is 24.0. The molecule has 4 nitrogen and oxygen atoms in total. The molecular weight excluding hydrogens is 429 g/mol. The molecule has 0 radical (unpaired) electrons. The zero-order valence-electron chi connectivity index (χ0n) is 15.8. The zero-order valence-corrected chi connectivity index (χ0v) is 16.6. The number of halogens is 7. The monoisotopic (exact) mass is 450 g/mol. The summed E-state index contributed by atoms with van der Waals surface area (Å²) in [6, 6.07) is 0.464. The number of rotatable bonds is 4. The first-order chi connectivity index (χ1) is 13.1. The van der Waals surface area contributed by atoms with E-state index in [2.05, 4.69) is 9.71 Å². The largest absolute Gasteiger partial charge is 0.436 e. The van der Waals surface area contributed by atoms with Crippen LogP contribution in [0.25, 0.3) is 0 Å². The Morgan fingerprint density at radius 1 is 1.14 bits per heavy atom. The molecule has 2 rings (SSSR count). The average Bonchev–Trinajstić information content (AvgIpc) is 2.57. The van der Waals surface area contributed by atoms with Crippen molar-refractivity contribution in [3.63, 3.8) is 0 Å². The van der Waals surface area contributed by atoms with E-state index in [-0.39, 0.29) is 12.1 Å². The van der Waals surface area contributed by atoms with Gasteiger partial charge in [0, 0.05) is 5.92 Å². The van der Waals surface area contributed by atoms with E-state index in [9.17, 15) is 34.9 Å². The van der Waals surface area contributed by atoms with E-state index in [0.717, 1.165) is 6.07 Å². The van der Waals surface area contributed by atoms with E-state index in [0.29, 0.717) is 6.07 Å². The molecular formula is C17H21F7N2O2S. The lowest BCUT2D eigenvalue weighted by Crippen LogP contribution is -2.44. The quantitative estimate of drug-likeness (QED) is 0.678. The van der Waals surface area contributed by atoms with Gasteiger partial charge in [0.25, 0.3) is 0 Å². The molecule has 1 N–H and O–H groups in total. The van der Waals surface area contributed by atoms with Gasteiger partial charge in [-0.1, -0.05) is 0 Å². The van der Waals surface area contributed by atoms with Crippen LogP contribution in [0.15, 0.2) is 12.1 Å². The van der Waals surface area contributed by atoms with Gasteiger partial charge in [0.1, 0.15) is 0 Å². The third kappa shape index (κ3) is 6.11. The summed E-state index contributed by atoms with van der Waals surface area (Å²) >= 11 is 0. The van der Waals surface area contributed by atoms with Crippen LogP contribution in [0.5, 0.6) is 0 Å². The first-order valence-corrected chi connectivity index (χ1v) is 9.85.